The molecule has 0 atom stereocenters. The van der Waals surface area contributed by atoms with Crippen molar-refractivity contribution in [3.05, 3.63) is 66.0 Å². The molecule has 2 aromatic heterocycles. The van der Waals surface area contributed by atoms with E-state index in [9.17, 15) is 4.79 Å². The van der Waals surface area contributed by atoms with Crippen LogP contribution in [0.3, 0.4) is 0 Å². The predicted molar refractivity (Wildman–Crippen MR) is 102 cm³/mol. The summed E-state index contributed by atoms with van der Waals surface area (Å²) in [6, 6.07) is 16.0. The van der Waals surface area contributed by atoms with Crippen LogP contribution in [0.4, 0.5) is 5.82 Å². The van der Waals surface area contributed by atoms with Crippen LogP contribution in [0.1, 0.15) is 47.8 Å². The van der Waals surface area contributed by atoms with Crippen LogP contribution in [0.5, 0.6) is 0 Å². The topological polar surface area (TPSA) is 59.8 Å². The van der Waals surface area contributed by atoms with E-state index < -0.39 is 0 Å². The lowest BCUT2D eigenvalue weighted by Crippen LogP contribution is -2.19. The summed E-state index contributed by atoms with van der Waals surface area (Å²) in [6.45, 7) is 1.87. The minimum Gasteiger partial charge on any atom is -0.307 e. The van der Waals surface area contributed by atoms with Crippen molar-refractivity contribution in [3.63, 3.8) is 0 Å². The van der Waals surface area contributed by atoms with E-state index in [1.54, 1.807) is 6.20 Å². The number of aromatic nitrogens is 3. The van der Waals surface area contributed by atoms with Gasteiger partial charge in [0, 0.05) is 11.6 Å². The summed E-state index contributed by atoms with van der Waals surface area (Å²) >= 11 is 0. The van der Waals surface area contributed by atoms with Crippen molar-refractivity contribution in [1.82, 2.24) is 14.8 Å². The van der Waals surface area contributed by atoms with E-state index in [2.05, 4.69) is 15.4 Å². The summed E-state index contributed by atoms with van der Waals surface area (Å²) in [5, 5.41) is 7.41. The van der Waals surface area contributed by atoms with Crippen LogP contribution in [0.2, 0.25) is 0 Å². The molecule has 1 aromatic carbocycles. The maximum atomic E-state index is 12.8. The van der Waals surface area contributed by atoms with Crippen LogP contribution < -0.4 is 5.32 Å². The zero-order valence-corrected chi connectivity index (χ0v) is 14.9. The Kier molecular flexibility index (Phi) is 4.52. The van der Waals surface area contributed by atoms with Crippen LogP contribution >= 0.6 is 0 Å². The van der Waals surface area contributed by atoms with E-state index in [1.807, 2.05) is 60.1 Å². The smallest absolute Gasteiger partial charge is 0.258 e. The second-order valence-electron chi connectivity index (χ2n) is 6.75. The van der Waals surface area contributed by atoms with Gasteiger partial charge in [-0.05, 0) is 31.9 Å². The van der Waals surface area contributed by atoms with Crippen molar-refractivity contribution in [2.24, 2.45) is 0 Å². The first-order valence-electron chi connectivity index (χ1n) is 9.10. The molecule has 2 heterocycles. The number of hydrogen-bond donors (Lipinski definition) is 1. The number of benzene rings is 1. The van der Waals surface area contributed by atoms with Crippen molar-refractivity contribution < 1.29 is 4.79 Å². The third-order valence-electron chi connectivity index (χ3n) is 4.98. The lowest BCUT2D eigenvalue weighted by atomic mass is 10.1. The third-order valence-corrected chi connectivity index (χ3v) is 4.98. The van der Waals surface area contributed by atoms with Crippen molar-refractivity contribution in [2.75, 3.05) is 5.32 Å². The van der Waals surface area contributed by atoms with Crippen LogP contribution in [0.15, 0.2) is 54.7 Å². The molecule has 1 saturated carbocycles. The standard InChI is InChI=1S/C21H22N4O/c1-15-18(11-12-19(23-15)16-7-3-2-4-8-16)21(26)24-20-13-14-22-25(20)17-9-5-6-10-17/h2-4,7-8,11-14,17H,5-6,9-10H2,1H3,(H,24,26). The number of nitrogens with zero attached hydrogens (tertiary/aromatic N) is 3. The molecule has 3 aromatic rings. The van der Waals surface area contributed by atoms with Gasteiger partial charge in [0.05, 0.1) is 29.2 Å². The lowest BCUT2D eigenvalue weighted by Gasteiger charge is -2.15. The Morgan fingerprint density at radius 3 is 2.58 bits per heavy atom. The highest BCUT2D eigenvalue weighted by Gasteiger charge is 2.21. The molecule has 0 unspecified atom stereocenters. The summed E-state index contributed by atoms with van der Waals surface area (Å²) in [4.78, 5) is 17.4. The molecule has 1 aliphatic carbocycles. The summed E-state index contributed by atoms with van der Waals surface area (Å²) in [7, 11) is 0. The molecule has 1 amide bonds. The second kappa shape index (κ2) is 7.12. The number of rotatable bonds is 4. The first-order valence-corrected chi connectivity index (χ1v) is 9.10. The molecule has 0 aliphatic heterocycles. The fourth-order valence-electron chi connectivity index (χ4n) is 3.61. The van der Waals surface area contributed by atoms with E-state index in [-0.39, 0.29) is 5.91 Å². The average molecular weight is 346 g/mol. The number of amides is 1. The van der Waals surface area contributed by atoms with Gasteiger partial charge in [-0.3, -0.25) is 9.78 Å². The average Bonchev–Trinajstić information content (AvgIpc) is 3.33. The van der Waals surface area contributed by atoms with Crippen LogP contribution in [-0.4, -0.2) is 20.7 Å². The zero-order valence-electron chi connectivity index (χ0n) is 14.9. The third kappa shape index (κ3) is 3.25. The molecule has 1 N–H and O–H groups in total. The van der Waals surface area contributed by atoms with Gasteiger partial charge in [-0.2, -0.15) is 5.10 Å². The quantitative estimate of drug-likeness (QED) is 0.750. The number of nitrogens with one attached hydrogen (secondary N) is 1. The van der Waals surface area contributed by atoms with E-state index >= 15 is 0 Å². The first kappa shape index (κ1) is 16.5. The fourth-order valence-corrected chi connectivity index (χ4v) is 3.61. The van der Waals surface area contributed by atoms with Crippen LogP contribution in [0, 0.1) is 6.92 Å². The van der Waals surface area contributed by atoms with Gasteiger partial charge < -0.3 is 5.32 Å². The van der Waals surface area contributed by atoms with Gasteiger partial charge in [-0.1, -0.05) is 43.2 Å². The largest absolute Gasteiger partial charge is 0.307 e. The molecule has 1 aliphatic rings. The van der Waals surface area contributed by atoms with Gasteiger partial charge in [0.25, 0.3) is 5.91 Å². The van der Waals surface area contributed by atoms with Gasteiger partial charge in [0.2, 0.25) is 0 Å². The normalized spacial score (nSPS) is 14.5. The zero-order chi connectivity index (χ0) is 17.9. The molecule has 0 bridgehead atoms. The molecule has 26 heavy (non-hydrogen) atoms. The number of hydrogen-bond acceptors (Lipinski definition) is 3. The molecule has 0 radical (unpaired) electrons. The molecule has 1 fully saturated rings. The van der Waals surface area contributed by atoms with Crippen molar-refractivity contribution in [1.29, 1.82) is 0 Å². The minimum absolute atomic E-state index is 0.144. The summed E-state index contributed by atoms with van der Waals surface area (Å²) in [5.74, 6) is 0.614. The maximum Gasteiger partial charge on any atom is 0.258 e. The highest BCUT2D eigenvalue weighted by Crippen LogP contribution is 2.31. The van der Waals surface area contributed by atoms with Crippen LogP contribution in [0.25, 0.3) is 11.3 Å². The van der Waals surface area contributed by atoms with Gasteiger partial charge in [0.15, 0.2) is 0 Å². The Morgan fingerprint density at radius 1 is 1.08 bits per heavy atom. The lowest BCUT2D eigenvalue weighted by molar-refractivity contribution is 0.102. The first-order chi connectivity index (χ1) is 12.7. The second-order valence-corrected chi connectivity index (χ2v) is 6.75. The Labute approximate surface area is 153 Å². The van der Waals surface area contributed by atoms with Gasteiger partial charge in [0.1, 0.15) is 5.82 Å². The Balaban J connectivity index is 1.55. The molecule has 5 nitrogen and oxygen atoms in total. The van der Waals surface area contributed by atoms with Crippen LogP contribution in [-0.2, 0) is 0 Å². The number of aryl methyl sites for hydroxylation is 1. The molecule has 132 valence electrons. The molecular formula is C21H22N4O. The van der Waals surface area contributed by atoms with E-state index in [0.29, 0.717) is 11.6 Å². The number of carbonyl (C=O) groups is 1. The maximum absolute atomic E-state index is 12.8. The van der Waals surface area contributed by atoms with Gasteiger partial charge in [-0.25, -0.2) is 4.68 Å². The fraction of sp³-hybridized carbons (Fsp3) is 0.286. The molecule has 4 rings (SSSR count). The summed E-state index contributed by atoms with van der Waals surface area (Å²) < 4.78 is 1.95. The van der Waals surface area contributed by atoms with E-state index in [4.69, 9.17) is 0 Å². The Bertz CT molecular complexity index is 911. The van der Waals surface area contributed by atoms with Gasteiger partial charge >= 0.3 is 0 Å². The van der Waals surface area contributed by atoms with Gasteiger partial charge in [-0.15, -0.1) is 0 Å². The SMILES string of the molecule is Cc1nc(-c2ccccc2)ccc1C(=O)Nc1ccnn1C1CCCC1. The summed E-state index contributed by atoms with van der Waals surface area (Å²) in [5.41, 5.74) is 3.22. The number of pyridine rings is 1. The molecule has 0 saturated heterocycles. The monoisotopic (exact) mass is 346 g/mol. The van der Waals surface area contributed by atoms with Crippen molar-refractivity contribution in [3.8, 4) is 11.3 Å². The minimum atomic E-state index is -0.144. The Morgan fingerprint density at radius 2 is 1.85 bits per heavy atom. The van der Waals surface area contributed by atoms with Crippen molar-refractivity contribution >= 4 is 11.7 Å². The van der Waals surface area contributed by atoms with E-state index in [0.717, 1.165) is 35.6 Å². The summed E-state index contributed by atoms with van der Waals surface area (Å²) in [6.07, 6.45) is 6.44. The molecule has 5 heteroatoms. The highest BCUT2D eigenvalue weighted by molar-refractivity contribution is 6.04. The highest BCUT2D eigenvalue weighted by atomic mass is 16.1. The molecule has 0 spiro atoms. The predicted octanol–water partition coefficient (Wildman–Crippen LogP) is 4.62. The van der Waals surface area contributed by atoms with Crippen molar-refractivity contribution in [2.45, 2.75) is 38.6 Å². The number of carbonyl (C=O) groups excluding carboxylic acids is 1. The van der Waals surface area contributed by atoms with E-state index in [1.165, 1.54) is 12.8 Å². The number of anilines is 1. The Hall–Kier alpha value is -2.95. The molecular weight excluding hydrogens is 324 g/mol.